The Morgan fingerprint density at radius 1 is 1.15 bits per heavy atom. The largest absolute Gasteiger partial charge is 0.397 e. The first kappa shape index (κ1) is 21.8. The van der Waals surface area contributed by atoms with E-state index in [9.17, 15) is 4.79 Å². The summed E-state index contributed by atoms with van der Waals surface area (Å²) in [6, 6.07) is 10.3. The molecular formula is C26H31N5O2. The smallest absolute Gasteiger partial charge is 0.187 e. The van der Waals surface area contributed by atoms with Gasteiger partial charge in [0.15, 0.2) is 5.78 Å². The number of nitrogens with zero attached hydrogens (tertiary/aromatic N) is 3. The molecule has 7 nitrogen and oxygen atoms in total. The number of piperidine rings is 1. The van der Waals surface area contributed by atoms with Crippen molar-refractivity contribution in [1.82, 2.24) is 9.97 Å². The number of Topliss-reactive ketones (excluding diaryl/α,β-unsaturated/α-hetero) is 1. The number of carbonyl (C=O) groups excluding carboxylic acids is 1. The molecule has 0 saturated carbocycles. The summed E-state index contributed by atoms with van der Waals surface area (Å²) < 4.78 is 5.50. The zero-order valence-electron chi connectivity index (χ0n) is 18.9. The van der Waals surface area contributed by atoms with Gasteiger partial charge in [-0.2, -0.15) is 0 Å². The van der Waals surface area contributed by atoms with Crippen molar-refractivity contribution in [3.8, 4) is 0 Å². The van der Waals surface area contributed by atoms with Gasteiger partial charge in [0.1, 0.15) is 5.69 Å². The summed E-state index contributed by atoms with van der Waals surface area (Å²) in [4.78, 5) is 24.6. The van der Waals surface area contributed by atoms with Crippen LogP contribution in [0, 0.1) is 0 Å². The summed E-state index contributed by atoms with van der Waals surface area (Å²) in [6.07, 6.45) is 7.84. The van der Waals surface area contributed by atoms with E-state index in [1.54, 1.807) is 12.4 Å². The lowest BCUT2D eigenvalue weighted by Crippen LogP contribution is -2.43. The molecule has 2 fully saturated rings. The number of fused-ring (bicyclic) bond motifs is 1. The highest BCUT2D eigenvalue weighted by Gasteiger charge is 2.22. The fraction of sp³-hybridized carbons (Fsp3) is 0.423. The van der Waals surface area contributed by atoms with Crippen LogP contribution in [0.25, 0.3) is 10.9 Å². The van der Waals surface area contributed by atoms with E-state index < -0.39 is 0 Å². The van der Waals surface area contributed by atoms with Gasteiger partial charge in [0.2, 0.25) is 0 Å². The third-order valence-electron chi connectivity index (χ3n) is 6.86. The molecule has 33 heavy (non-hydrogen) atoms. The predicted molar refractivity (Wildman–Crippen MR) is 131 cm³/mol. The standard InChI is InChI=1S/C26H31N5O2/c27-21-2-1-9-31(16-21)24-5-8-29-15-20(24)14-25(32)26-22(28)12-19-4-3-18(13-23(19)30-26)17-6-10-33-11-7-17/h3-5,8,12-13,15,17,21H,1-2,6-7,9-11,14,16,27-28H2/t21-/m0/s1. The van der Waals surface area contributed by atoms with Crippen LogP contribution in [0.3, 0.4) is 0 Å². The van der Waals surface area contributed by atoms with Crippen LogP contribution in [0.2, 0.25) is 0 Å². The fourth-order valence-electron chi connectivity index (χ4n) is 5.06. The van der Waals surface area contributed by atoms with Crippen LogP contribution in [-0.2, 0) is 11.2 Å². The van der Waals surface area contributed by atoms with E-state index >= 15 is 0 Å². The molecule has 2 aromatic heterocycles. The number of nitrogen functional groups attached to an aromatic ring is 1. The molecule has 4 N–H and O–H groups in total. The molecule has 0 bridgehead atoms. The van der Waals surface area contributed by atoms with E-state index in [0.29, 0.717) is 17.3 Å². The monoisotopic (exact) mass is 445 g/mol. The zero-order valence-corrected chi connectivity index (χ0v) is 18.9. The van der Waals surface area contributed by atoms with Crippen molar-refractivity contribution in [3.05, 3.63) is 59.5 Å². The fourth-order valence-corrected chi connectivity index (χ4v) is 5.06. The molecule has 3 aromatic rings. The molecule has 2 aliphatic rings. The molecule has 2 aliphatic heterocycles. The topological polar surface area (TPSA) is 107 Å². The van der Waals surface area contributed by atoms with Gasteiger partial charge in [-0.15, -0.1) is 0 Å². The van der Waals surface area contributed by atoms with Gasteiger partial charge in [-0.3, -0.25) is 9.78 Å². The Labute approximate surface area is 194 Å². The van der Waals surface area contributed by atoms with Crippen molar-refractivity contribution in [3.63, 3.8) is 0 Å². The summed E-state index contributed by atoms with van der Waals surface area (Å²) >= 11 is 0. The second-order valence-corrected chi connectivity index (χ2v) is 9.22. The number of aromatic nitrogens is 2. The summed E-state index contributed by atoms with van der Waals surface area (Å²) in [5.74, 6) is 0.372. The molecule has 5 rings (SSSR count). The lowest BCUT2D eigenvalue weighted by molar-refractivity contribution is 0.0853. The average Bonchev–Trinajstić information content (AvgIpc) is 2.84. The molecule has 7 heteroatoms. The molecule has 1 atom stereocenters. The van der Waals surface area contributed by atoms with Gasteiger partial charge < -0.3 is 21.1 Å². The second-order valence-electron chi connectivity index (χ2n) is 9.22. The molecule has 0 amide bonds. The van der Waals surface area contributed by atoms with Crippen LogP contribution in [0.15, 0.2) is 42.7 Å². The molecule has 0 radical (unpaired) electrons. The Hall–Kier alpha value is -3.03. The average molecular weight is 446 g/mol. The van der Waals surface area contributed by atoms with Crippen LogP contribution >= 0.6 is 0 Å². The number of ketones is 1. The van der Waals surface area contributed by atoms with Crippen LogP contribution in [0.4, 0.5) is 11.4 Å². The molecule has 172 valence electrons. The minimum absolute atomic E-state index is 0.0959. The van der Waals surface area contributed by atoms with E-state index in [0.717, 1.165) is 74.1 Å². The quantitative estimate of drug-likeness (QED) is 0.579. The van der Waals surface area contributed by atoms with Crippen molar-refractivity contribution in [2.75, 3.05) is 36.9 Å². The van der Waals surface area contributed by atoms with Crippen molar-refractivity contribution >= 4 is 28.1 Å². The Balaban J connectivity index is 1.42. The number of ether oxygens (including phenoxy) is 1. The van der Waals surface area contributed by atoms with Crippen molar-refractivity contribution in [2.24, 2.45) is 5.73 Å². The summed E-state index contributed by atoms with van der Waals surface area (Å²) in [5.41, 5.74) is 17.2. The highest BCUT2D eigenvalue weighted by atomic mass is 16.5. The van der Waals surface area contributed by atoms with Crippen molar-refractivity contribution in [2.45, 2.75) is 44.1 Å². The number of anilines is 2. The van der Waals surface area contributed by atoms with Gasteiger partial charge >= 0.3 is 0 Å². The van der Waals surface area contributed by atoms with Crippen molar-refractivity contribution < 1.29 is 9.53 Å². The number of nitrogens with two attached hydrogens (primary N) is 2. The van der Waals surface area contributed by atoms with Gasteiger partial charge in [-0.05, 0) is 55.4 Å². The van der Waals surface area contributed by atoms with Crippen LogP contribution < -0.4 is 16.4 Å². The minimum Gasteiger partial charge on any atom is -0.397 e. The predicted octanol–water partition coefficient (Wildman–Crippen LogP) is 3.46. The maximum Gasteiger partial charge on any atom is 0.187 e. The first-order valence-electron chi connectivity index (χ1n) is 11.8. The number of hydrogen-bond acceptors (Lipinski definition) is 7. The van der Waals surface area contributed by atoms with E-state index in [1.165, 1.54) is 5.56 Å². The normalized spacial score (nSPS) is 19.7. The van der Waals surface area contributed by atoms with Gasteiger partial charge in [0.25, 0.3) is 0 Å². The number of carbonyl (C=O) groups is 1. The van der Waals surface area contributed by atoms with Gasteiger partial charge in [0.05, 0.1) is 11.2 Å². The number of hydrogen-bond donors (Lipinski definition) is 2. The summed E-state index contributed by atoms with van der Waals surface area (Å²) in [5, 5.41) is 0.948. The van der Waals surface area contributed by atoms with Gasteiger partial charge in [0, 0.05) is 67.8 Å². The SMILES string of the molecule is Nc1cc2ccc(C3CCOCC3)cc2nc1C(=O)Cc1cnccc1N1CCC[C@H](N)C1. The van der Waals surface area contributed by atoms with E-state index in [1.807, 2.05) is 12.1 Å². The molecule has 0 spiro atoms. The first-order chi connectivity index (χ1) is 16.1. The maximum absolute atomic E-state index is 13.3. The Kier molecular flexibility index (Phi) is 6.24. The Morgan fingerprint density at radius 2 is 2.00 bits per heavy atom. The number of rotatable bonds is 5. The van der Waals surface area contributed by atoms with Gasteiger partial charge in [-0.25, -0.2) is 4.98 Å². The summed E-state index contributed by atoms with van der Waals surface area (Å²) in [7, 11) is 0. The van der Waals surface area contributed by atoms with Crippen LogP contribution in [-0.4, -0.2) is 48.1 Å². The Bertz CT molecular complexity index is 1160. The zero-order chi connectivity index (χ0) is 22.8. The molecule has 2 saturated heterocycles. The molecular weight excluding hydrogens is 414 g/mol. The van der Waals surface area contributed by atoms with Crippen LogP contribution in [0.1, 0.15) is 53.2 Å². The van der Waals surface area contributed by atoms with Crippen molar-refractivity contribution in [1.29, 1.82) is 0 Å². The summed E-state index contributed by atoms with van der Waals surface area (Å²) in [6.45, 7) is 3.30. The lowest BCUT2D eigenvalue weighted by atomic mass is 9.91. The third-order valence-corrected chi connectivity index (χ3v) is 6.86. The second kappa shape index (κ2) is 9.45. The molecule has 0 unspecified atom stereocenters. The maximum atomic E-state index is 13.3. The minimum atomic E-state index is -0.0959. The molecule has 4 heterocycles. The van der Waals surface area contributed by atoms with E-state index in [2.05, 4.69) is 28.1 Å². The lowest BCUT2D eigenvalue weighted by Gasteiger charge is -2.33. The highest BCUT2D eigenvalue weighted by Crippen LogP contribution is 2.30. The first-order valence-corrected chi connectivity index (χ1v) is 11.8. The third kappa shape index (κ3) is 4.70. The van der Waals surface area contributed by atoms with E-state index in [4.69, 9.17) is 21.2 Å². The molecule has 0 aliphatic carbocycles. The number of benzene rings is 1. The Morgan fingerprint density at radius 3 is 2.82 bits per heavy atom. The van der Waals surface area contributed by atoms with Crippen LogP contribution in [0.5, 0.6) is 0 Å². The number of pyridine rings is 2. The van der Waals surface area contributed by atoms with E-state index in [-0.39, 0.29) is 18.2 Å². The molecule has 1 aromatic carbocycles. The van der Waals surface area contributed by atoms with Gasteiger partial charge in [-0.1, -0.05) is 12.1 Å². The highest BCUT2D eigenvalue weighted by molar-refractivity contribution is 6.03.